The van der Waals surface area contributed by atoms with E-state index in [1.807, 2.05) is 25.4 Å². The second-order valence-electron chi connectivity index (χ2n) is 10.7. The van der Waals surface area contributed by atoms with Gasteiger partial charge in [-0.15, -0.1) is 0 Å². The van der Waals surface area contributed by atoms with E-state index in [1.54, 1.807) is 12.1 Å². The van der Waals surface area contributed by atoms with Crippen LogP contribution in [0.3, 0.4) is 0 Å². The van der Waals surface area contributed by atoms with Gasteiger partial charge in [0, 0.05) is 62.0 Å². The Balaban J connectivity index is 1.40. The van der Waals surface area contributed by atoms with Crippen LogP contribution in [0.5, 0.6) is 0 Å². The summed E-state index contributed by atoms with van der Waals surface area (Å²) >= 11 is 0. The summed E-state index contributed by atoms with van der Waals surface area (Å²) in [4.78, 5) is 10.2. The first-order valence-electron chi connectivity index (χ1n) is 12.9. The van der Waals surface area contributed by atoms with Crippen molar-refractivity contribution in [3.05, 3.63) is 66.9 Å². The molecule has 2 aromatic carbocycles. The number of pyridine rings is 1. The standard InChI is InChI=1S/C30H36N4O2S/c1-20(2)34-21(3)18-33(19-22(34)4)26-11-7-23(8-12-26)25-15-30-28(31-17-25)16-29(32(30)5)24-9-13-27(14-10-24)37(6,35)36/h7-17,20-22H,18-19H2,1-6H3/t21-,22+. The lowest BCUT2D eigenvalue weighted by Gasteiger charge is -2.47. The highest BCUT2D eigenvalue weighted by Crippen LogP contribution is 2.31. The molecule has 3 heterocycles. The molecule has 2 atom stereocenters. The largest absolute Gasteiger partial charge is 0.368 e. The minimum atomic E-state index is -3.22. The van der Waals surface area contributed by atoms with Crippen molar-refractivity contribution in [2.75, 3.05) is 24.2 Å². The van der Waals surface area contributed by atoms with Gasteiger partial charge in [-0.3, -0.25) is 9.88 Å². The average Bonchev–Trinajstić information content (AvgIpc) is 3.18. The van der Waals surface area contributed by atoms with Crippen molar-refractivity contribution < 1.29 is 8.42 Å². The zero-order valence-electron chi connectivity index (χ0n) is 22.5. The van der Waals surface area contributed by atoms with Gasteiger partial charge in [0.15, 0.2) is 9.84 Å². The number of aromatic nitrogens is 2. The third-order valence-electron chi connectivity index (χ3n) is 7.62. The van der Waals surface area contributed by atoms with Crippen molar-refractivity contribution in [2.45, 2.75) is 50.7 Å². The molecule has 6 nitrogen and oxygen atoms in total. The van der Waals surface area contributed by atoms with Crippen LogP contribution in [0.4, 0.5) is 5.69 Å². The molecule has 1 saturated heterocycles. The fourth-order valence-corrected chi connectivity index (χ4v) is 6.57. The monoisotopic (exact) mass is 516 g/mol. The highest BCUT2D eigenvalue weighted by molar-refractivity contribution is 7.90. The number of hydrogen-bond donors (Lipinski definition) is 0. The lowest BCUT2D eigenvalue weighted by Crippen LogP contribution is -2.58. The van der Waals surface area contributed by atoms with Crippen LogP contribution in [0.2, 0.25) is 0 Å². The van der Waals surface area contributed by atoms with Gasteiger partial charge < -0.3 is 9.47 Å². The van der Waals surface area contributed by atoms with E-state index in [-0.39, 0.29) is 0 Å². The second-order valence-corrected chi connectivity index (χ2v) is 12.7. The Morgan fingerprint density at radius 1 is 0.865 bits per heavy atom. The van der Waals surface area contributed by atoms with E-state index in [2.05, 4.69) is 78.5 Å². The summed E-state index contributed by atoms with van der Waals surface area (Å²) in [5, 5.41) is 0. The van der Waals surface area contributed by atoms with Gasteiger partial charge in [-0.25, -0.2) is 8.42 Å². The van der Waals surface area contributed by atoms with Gasteiger partial charge in [0.1, 0.15) is 0 Å². The maximum absolute atomic E-state index is 11.8. The number of rotatable bonds is 5. The summed E-state index contributed by atoms with van der Waals surface area (Å²) in [5.74, 6) is 0. The summed E-state index contributed by atoms with van der Waals surface area (Å²) in [6.45, 7) is 11.3. The van der Waals surface area contributed by atoms with Crippen molar-refractivity contribution in [3.63, 3.8) is 0 Å². The summed E-state index contributed by atoms with van der Waals surface area (Å²) in [5.41, 5.74) is 7.38. The van der Waals surface area contributed by atoms with Gasteiger partial charge >= 0.3 is 0 Å². The SMILES string of the molecule is CC(C)N1[C@H](C)CN(c2ccc(-c3cnc4cc(-c5ccc(S(C)(=O)=O)cc5)n(C)c4c3)cc2)C[C@@H]1C. The van der Waals surface area contributed by atoms with Crippen molar-refractivity contribution in [2.24, 2.45) is 7.05 Å². The first-order valence-corrected chi connectivity index (χ1v) is 14.8. The van der Waals surface area contributed by atoms with Crippen LogP contribution in [-0.2, 0) is 16.9 Å². The van der Waals surface area contributed by atoms with Gasteiger partial charge in [-0.1, -0.05) is 24.3 Å². The zero-order valence-corrected chi connectivity index (χ0v) is 23.3. The molecular weight excluding hydrogens is 480 g/mol. The van der Waals surface area contributed by atoms with E-state index >= 15 is 0 Å². The molecular formula is C30H36N4O2S. The molecule has 0 spiro atoms. The van der Waals surface area contributed by atoms with E-state index in [1.165, 1.54) is 11.9 Å². The Labute approximate surface area is 220 Å². The number of aryl methyl sites for hydroxylation is 1. The van der Waals surface area contributed by atoms with Crippen molar-refractivity contribution >= 4 is 26.6 Å². The highest BCUT2D eigenvalue weighted by atomic mass is 32.2. The zero-order chi connectivity index (χ0) is 26.5. The quantitative estimate of drug-likeness (QED) is 0.345. The van der Waals surface area contributed by atoms with Gasteiger partial charge in [-0.2, -0.15) is 0 Å². The Hall–Kier alpha value is -3.16. The number of piperazine rings is 1. The van der Waals surface area contributed by atoms with Crippen molar-refractivity contribution in [3.8, 4) is 22.4 Å². The number of nitrogens with zero attached hydrogens (tertiary/aromatic N) is 4. The highest BCUT2D eigenvalue weighted by Gasteiger charge is 2.31. The Morgan fingerprint density at radius 2 is 1.46 bits per heavy atom. The average molecular weight is 517 g/mol. The van der Waals surface area contributed by atoms with Crippen molar-refractivity contribution in [1.29, 1.82) is 0 Å². The number of anilines is 1. The molecule has 0 unspecified atom stereocenters. The van der Waals surface area contributed by atoms with E-state index in [9.17, 15) is 8.42 Å². The summed E-state index contributed by atoms with van der Waals surface area (Å²) in [6.07, 6.45) is 3.16. The predicted octanol–water partition coefficient (Wildman–Crippen LogP) is 5.62. The molecule has 1 aliphatic heterocycles. The summed E-state index contributed by atoms with van der Waals surface area (Å²) in [6, 6.07) is 21.7. The minimum Gasteiger partial charge on any atom is -0.368 e. The van der Waals surface area contributed by atoms with Crippen LogP contribution >= 0.6 is 0 Å². The van der Waals surface area contributed by atoms with Crippen LogP contribution < -0.4 is 4.90 Å². The van der Waals surface area contributed by atoms with Gasteiger partial charge in [0.2, 0.25) is 0 Å². The summed E-state index contributed by atoms with van der Waals surface area (Å²) in [7, 11) is -1.20. The Morgan fingerprint density at radius 3 is 2.03 bits per heavy atom. The Bertz CT molecular complexity index is 1510. The maximum atomic E-state index is 11.8. The van der Waals surface area contributed by atoms with Crippen LogP contribution in [0.1, 0.15) is 27.7 Å². The lowest BCUT2D eigenvalue weighted by atomic mass is 10.0. The molecule has 0 bridgehead atoms. The molecule has 5 rings (SSSR count). The van der Waals surface area contributed by atoms with Crippen LogP contribution in [0.25, 0.3) is 33.4 Å². The molecule has 0 saturated carbocycles. The molecule has 1 aliphatic rings. The molecule has 0 radical (unpaired) electrons. The van der Waals surface area contributed by atoms with E-state index in [0.29, 0.717) is 23.0 Å². The summed E-state index contributed by atoms with van der Waals surface area (Å²) < 4.78 is 25.8. The van der Waals surface area contributed by atoms with Crippen LogP contribution in [-0.4, -0.2) is 60.3 Å². The lowest BCUT2D eigenvalue weighted by molar-refractivity contribution is 0.0954. The van der Waals surface area contributed by atoms with Gasteiger partial charge in [-0.05, 0) is 75.2 Å². The van der Waals surface area contributed by atoms with E-state index in [0.717, 1.165) is 46.5 Å². The minimum absolute atomic E-state index is 0.324. The topological polar surface area (TPSA) is 58.4 Å². The van der Waals surface area contributed by atoms with Gasteiger partial charge in [0.25, 0.3) is 0 Å². The first-order chi connectivity index (χ1) is 17.5. The number of benzene rings is 2. The van der Waals surface area contributed by atoms with E-state index < -0.39 is 9.84 Å². The molecule has 194 valence electrons. The first kappa shape index (κ1) is 25.5. The van der Waals surface area contributed by atoms with Gasteiger partial charge in [0.05, 0.1) is 21.6 Å². The molecule has 0 N–H and O–H groups in total. The fraction of sp³-hybridized carbons (Fsp3) is 0.367. The molecule has 4 aromatic rings. The smallest absolute Gasteiger partial charge is 0.175 e. The molecule has 37 heavy (non-hydrogen) atoms. The second kappa shape index (κ2) is 9.62. The Kier molecular flexibility index (Phi) is 6.62. The maximum Gasteiger partial charge on any atom is 0.175 e. The molecule has 2 aromatic heterocycles. The van der Waals surface area contributed by atoms with Crippen LogP contribution in [0, 0.1) is 0 Å². The molecule has 0 aliphatic carbocycles. The number of sulfone groups is 1. The number of fused-ring (bicyclic) bond motifs is 1. The van der Waals surface area contributed by atoms with E-state index in [4.69, 9.17) is 4.98 Å². The third kappa shape index (κ3) is 4.90. The molecule has 0 amide bonds. The number of hydrogen-bond acceptors (Lipinski definition) is 5. The van der Waals surface area contributed by atoms with Crippen LogP contribution in [0.15, 0.2) is 71.8 Å². The fourth-order valence-electron chi connectivity index (χ4n) is 5.94. The third-order valence-corrected chi connectivity index (χ3v) is 8.75. The van der Waals surface area contributed by atoms with Crippen molar-refractivity contribution in [1.82, 2.24) is 14.5 Å². The molecule has 7 heteroatoms. The molecule has 1 fully saturated rings. The predicted molar refractivity (Wildman–Crippen MR) is 153 cm³/mol. The normalized spacial score (nSPS) is 19.2.